The third-order valence-corrected chi connectivity index (χ3v) is 5.88. The van der Waals surface area contributed by atoms with Crippen LogP contribution in [0.2, 0.25) is 0 Å². The number of likely N-dealkylation sites (N-methyl/N-ethyl adjacent to an activating group) is 1. The molecule has 1 saturated carbocycles. The van der Waals surface area contributed by atoms with E-state index in [0.29, 0.717) is 12.6 Å². The molecule has 0 amide bonds. The minimum absolute atomic E-state index is 0.0318. The fourth-order valence-corrected chi connectivity index (χ4v) is 3.92. The van der Waals surface area contributed by atoms with Gasteiger partial charge in [0.05, 0.1) is 0 Å². The highest BCUT2D eigenvalue weighted by molar-refractivity contribution is 9.10. The molecule has 3 unspecified atom stereocenters. The maximum Gasteiger partial charge on any atom is 0.0343 e. The Hall–Kier alpha value is -0.380. The van der Waals surface area contributed by atoms with Crippen molar-refractivity contribution in [1.29, 1.82) is 0 Å². The molecule has 1 aromatic carbocycles. The topological polar surface area (TPSA) is 29.3 Å². The number of rotatable bonds is 5. The second-order valence-corrected chi connectivity index (χ2v) is 7.86. The summed E-state index contributed by atoms with van der Waals surface area (Å²) in [5.74, 6) is 0.777. The number of nitrogens with two attached hydrogens (primary N) is 1. The van der Waals surface area contributed by atoms with Gasteiger partial charge in [-0.3, -0.25) is 4.90 Å². The SMILES string of the molecule is CC1CCCCC1N(C)C(C)(CN)Cc1ccc(Br)cc1. The van der Waals surface area contributed by atoms with Gasteiger partial charge in [0.25, 0.3) is 0 Å². The molecular formula is C18H29BrN2. The number of benzene rings is 1. The van der Waals surface area contributed by atoms with Gasteiger partial charge in [-0.1, -0.05) is 47.8 Å². The van der Waals surface area contributed by atoms with Gasteiger partial charge in [0.2, 0.25) is 0 Å². The van der Waals surface area contributed by atoms with E-state index < -0.39 is 0 Å². The number of halogens is 1. The standard InChI is InChI=1S/C18H29BrN2/c1-14-6-4-5-7-17(14)21(3)18(2,13-20)12-15-8-10-16(19)11-9-15/h8-11,14,17H,4-7,12-13,20H2,1-3H3. The summed E-state index contributed by atoms with van der Waals surface area (Å²) in [5.41, 5.74) is 7.58. The molecule has 1 aliphatic carbocycles. The van der Waals surface area contributed by atoms with E-state index >= 15 is 0 Å². The average Bonchev–Trinajstić information content (AvgIpc) is 2.49. The number of nitrogens with zero attached hydrogens (tertiary/aromatic N) is 1. The Morgan fingerprint density at radius 3 is 2.43 bits per heavy atom. The van der Waals surface area contributed by atoms with E-state index in [4.69, 9.17) is 5.73 Å². The average molecular weight is 353 g/mol. The Morgan fingerprint density at radius 1 is 1.24 bits per heavy atom. The van der Waals surface area contributed by atoms with Gasteiger partial charge in [0, 0.05) is 22.6 Å². The molecule has 0 aromatic heterocycles. The molecule has 0 saturated heterocycles. The van der Waals surface area contributed by atoms with E-state index in [0.717, 1.165) is 16.8 Å². The zero-order valence-corrected chi connectivity index (χ0v) is 15.2. The molecule has 3 atom stereocenters. The molecule has 2 nitrogen and oxygen atoms in total. The molecule has 0 aliphatic heterocycles. The van der Waals surface area contributed by atoms with Gasteiger partial charge in [0.1, 0.15) is 0 Å². The highest BCUT2D eigenvalue weighted by Crippen LogP contribution is 2.32. The van der Waals surface area contributed by atoms with E-state index in [1.807, 2.05) is 0 Å². The summed E-state index contributed by atoms with van der Waals surface area (Å²) in [5, 5.41) is 0. The third-order valence-electron chi connectivity index (χ3n) is 5.35. The minimum Gasteiger partial charge on any atom is -0.329 e. The molecule has 1 aromatic rings. The van der Waals surface area contributed by atoms with Gasteiger partial charge >= 0.3 is 0 Å². The molecule has 0 heterocycles. The van der Waals surface area contributed by atoms with Crippen LogP contribution in [0.3, 0.4) is 0 Å². The Labute approximate surface area is 138 Å². The maximum absolute atomic E-state index is 6.19. The summed E-state index contributed by atoms with van der Waals surface area (Å²) in [6.45, 7) is 5.41. The van der Waals surface area contributed by atoms with Crippen molar-refractivity contribution >= 4 is 15.9 Å². The summed E-state index contributed by atoms with van der Waals surface area (Å²) >= 11 is 3.51. The zero-order chi connectivity index (χ0) is 15.5. The van der Waals surface area contributed by atoms with Gasteiger partial charge < -0.3 is 5.73 Å². The van der Waals surface area contributed by atoms with E-state index in [9.17, 15) is 0 Å². The molecule has 2 rings (SSSR count). The fourth-order valence-electron chi connectivity index (χ4n) is 3.66. The van der Waals surface area contributed by atoms with Crippen molar-refractivity contribution in [2.24, 2.45) is 11.7 Å². The lowest BCUT2D eigenvalue weighted by atomic mass is 9.81. The third kappa shape index (κ3) is 4.08. The minimum atomic E-state index is 0.0318. The highest BCUT2D eigenvalue weighted by Gasteiger charge is 2.36. The Balaban J connectivity index is 2.13. The van der Waals surface area contributed by atoms with Gasteiger partial charge in [-0.05, 0) is 56.8 Å². The van der Waals surface area contributed by atoms with Crippen molar-refractivity contribution in [3.8, 4) is 0 Å². The molecule has 0 bridgehead atoms. The highest BCUT2D eigenvalue weighted by atomic mass is 79.9. The molecule has 1 fully saturated rings. The lowest BCUT2D eigenvalue weighted by Gasteiger charge is -2.47. The smallest absolute Gasteiger partial charge is 0.0343 e. The first kappa shape index (κ1) is 17.0. The summed E-state index contributed by atoms with van der Waals surface area (Å²) in [6.07, 6.45) is 6.42. The number of hydrogen-bond donors (Lipinski definition) is 1. The van der Waals surface area contributed by atoms with Crippen molar-refractivity contribution in [3.05, 3.63) is 34.3 Å². The van der Waals surface area contributed by atoms with Crippen LogP contribution in [0.4, 0.5) is 0 Å². The van der Waals surface area contributed by atoms with Crippen LogP contribution >= 0.6 is 15.9 Å². The predicted molar refractivity (Wildman–Crippen MR) is 94.5 cm³/mol. The monoisotopic (exact) mass is 352 g/mol. The van der Waals surface area contributed by atoms with Gasteiger partial charge in [0.15, 0.2) is 0 Å². The van der Waals surface area contributed by atoms with E-state index in [2.05, 4.69) is 66.0 Å². The molecule has 0 spiro atoms. The largest absolute Gasteiger partial charge is 0.329 e. The first-order chi connectivity index (χ1) is 9.96. The van der Waals surface area contributed by atoms with Gasteiger partial charge in [-0.15, -0.1) is 0 Å². The van der Waals surface area contributed by atoms with Crippen LogP contribution in [-0.2, 0) is 6.42 Å². The molecule has 1 aliphatic rings. The second-order valence-electron chi connectivity index (χ2n) is 6.94. The first-order valence-electron chi connectivity index (χ1n) is 8.14. The van der Waals surface area contributed by atoms with Crippen molar-refractivity contribution < 1.29 is 0 Å². The summed E-state index contributed by atoms with van der Waals surface area (Å²) < 4.78 is 1.13. The van der Waals surface area contributed by atoms with Crippen LogP contribution in [0.25, 0.3) is 0 Å². The van der Waals surface area contributed by atoms with Crippen LogP contribution in [0.5, 0.6) is 0 Å². The number of hydrogen-bond acceptors (Lipinski definition) is 2. The molecule has 0 radical (unpaired) electrons. The Morgan fingerprint density at radius 2 is 1.86 bits per heavy atom. The van der Waals surface area contributed by atoms with Crippen molar-refractivity contribution in [1.82, 2.24) is 4.90 Å². The van der Waals surface area contributed by atoms with E-state index in [1.54, 1.807) is 0 Å². The van der Waals surface area contributed by atoms with Crippen molar-refractivity contribution in [2.75, 3.05) is 13.6 Å². The first-order valence-corrected chi connectivity index (χ1v) is 8.93. The Bertz CT molecular complexity index is 445. The lowest BCUT2D eigenvalue weighted by Crippen LogP contribution is -2.57. The quantitative estimate of drug-likeness (QED) is 0.859. The second kappa shape index (κ2) is 7.26. The van der Waals surface area contributed by atoms with Gasteiger partial charge in [-0.25, -0.2) is 0 Å². The van der Waals surface area contributed by atoms with Crippen molar-refractivity contribution in [3.63, 3.8) is 0 Å². The molecule has 2 N–H and O–H groups in total. The van der Waals surface area contributed by atoms with E-state index in [1.165, 1.54) is 31.2 Å². The van der Waals surface area contributed by atoms with Crippen molar-refractivity contribution in [2.45, 2.75) is 57.5 Å². The zero-order valence-electron chi connectivity index (χ0n) is 13.6. The molecule has 21 heavy (non-hydrogen) atoms. The van der Waals surface area contributed by atoms with E-state index in [-0.39, 0.29) is 5.54 Å². The van der Waals surface area contributed by atoms with Crippen LogP contribution in [0, 0.1) is 5.92 Å². The summed E-state index contributed by atoms with van der Waals surface area (Å²) in [7, 11) is 2.28. The van der Waals surface area contributed by atoms with Crippen LogP contribution in [0.15, 0.2) is 28.7 Å². The molecule has 3 heteroatoms. The normalized spacial score (nSPS) is 25.8. The Kier molecular flexibility index (Phi) is 5.87. The summed E-state index contributed by atoms with van der Waals surface area (Å²) in [6, 6.07) is 9.32. The molecule has 118 valence electrons. The van der Waals surface area contributed by atoms with Crippen LogP contribution in [0.1, 0.15) is 45.1 Å². The predicted octanol–water partition coefficient (Wildman–Crippen LogP) is 4.22. The molecular weight excluding hydrogens is 324 g/mol. The van der Waals surface area contributed by atoms with Gasteiger partial charge in [-0.2, -0.15) is 0 Å². The maximum atomic E-state index is 6.19. The summed E-state index contributed by atoms with van der Waals surface area (Å²) in [4.78, 5) is 2.57. The van der Waals surface area contributed by atoms with Crippen LogP contribution < -0.4 is 5.73 Å². The fraction of sp³-hybridized carbons (Fsp3) is 0.667. The lowest BCUT2D eigenvalue weighted by molar-refractivity contribution is 0.0422. The van der Waals surface area contributed by atoms with Crippen LogP contribution in [-0.4, -0.2) is 30.1 Å².